The molecule has 10 heteroatoms. The van der Waals surface area contributed by atoms with Gasteiger partial charge >= 0.3 is 11.9 Å². The Hall–Kier alpha value is -3.46. The van der Waals surface area contributed by atoms with E-state index < -0.39 is 23.5 Å². The summed E-state index contributed by atoms with van der Waals surface area (Å²) in [7, 11) is 0. The van der Waals surface area contributed by atoms with Gasteiger partial charge in [-0.25, -0.2) is 14.3 Å². The van der Waals surface area contributed by atoms with Crippen molar-refractivity contribution in [2.75, 3.05) is 6.61 Å². The van der Waals surface area contributed by atoms with Gasteiger partial charge in [-0.15, -0.1) is 5.10 Å². The van der Waals surface area contributed by atoms with Crippen LogP contribution in [-0.2, 0) is 9.53 Å². The van der Waals surface area contributed by atoms with Crippen LogP contribution in [0.1, 0.15) is 61.8 Å². The highest BCUT2D eigenvalue weighted by Crippen LogP contribution is 2.39. The maximum atomic E-state index is 13.0. The van der Waals surface area contributed by atoms with Gasteiger partial charge in [-0.2, -0.15) is 0 Å². The summed E-state index contributed by atoms with van der Waals surface area (Å²) in [6.45, 7) is 6.11. The van der Waals surface area contributed by atoms with Crippen molar-refractivity contribution in [3.8, 4) is 16.8 Å². The Morgan fingerprint density at radius 3 is 2.71 bits per heavy atom. The first-order valence-electron chi connectivity index (χ1n) is 11.1. The second kappa shape index (κ2) is 9.42. The van der Waals surface area contributed by atoms with Gasteiger partial charge in [-0.3, -0.25) is 9.36 Å². The molecule has 3 heterocycles. The summed E-state index contributed by atoms with van der Waals surface area (Å²) in [6.07, 6.45) is 2.54. The van der Waals surface area contributed by atoms with Gasteiger partial charge < -0.3 is 9.84 Å². The molecule has 1 aromatic carbocycles. The van der Waals surface area contributed by atoms with Crippen LogP contribution in [0.2, 0.25) is 5.02 Å². The predicted octanol–water partition coefficient (Wildman–Crippen LogP) is 4.09. The highest BCUT2D eigenvalue weighted by atomic mass is 35.5. The van der Waals surface area contributed by atoms with Gasteiger partial charge in [0, 0.05) is 28.3 Å². The molecule has 0 bridgehead atoms. The third kappa shape index (κ3) is 4.48. The lowest BCUT2D eigenvalue weighted by Gasteiger charge is -2.14. The van der Waals surface area contributed by atoms with Gasteiger partial charge in [0.15, 0.2) is 5.69 Å². The van der Waals surface area contributed by atoms with Crippen LogP contribution in [0.25, 0.3) is 16.8 Å². The van der Waals surface area contributed by atoms with Crippen LogP contribution in [0.5, 0.6) is 0 Å². The number of fused-ring (bicyclic) bond motifs is 1. The number of aliphatic carboxylic acids is 1. The Labute approximate surface area is 200 Å². The fraction of sp³-hybridized carbons (Fsp3) is 0.375. The number of carbonyl (C=O) groups is 2. The molecule has 0 fully saturated rings. The van der Waals surface area contributed by atoms with E-state index in [1.165, 1.54) is 21.5 Å². The van der Waals surface area contributed by atoms with E-state index in [-0.39, 0.29) is 24.1 Å². The predicted molar refractivity (Wildman–Crippen MR) is 126 cm³/mol. The van der Waals surface area contributed by atoms with Gasteiger partial charge in [0.2, 0.25) is 0 Å². The molecule has 9 nitrogen and oxygen atoms in total. The van der Waals surface area contributed by atoms with Crippen LogP contribution in [0.3, 0.4) is 0 Å². The molecule has 34 heavy (non-hydrogen) atoms. The van der Waals surface area contributed by atoms with E-state index in [2.05, 4.69) is 10.3 Å². The Morgan fingerprint density at radius 1 is 1.26 bits per heavy atom. The molecular weight excluding hydrogens is 460 g/mol. The van der Waals surface area contributed by atoms with E-state index in [4.69, 9.17) is 16.3 Å². The summed E-state index contributed by atoms with van der Waals surface area (Å²) in [5, 5.41) is 18.1. The normalized spacial score (nSPS) is 17.1. The molecule has 1 N–H and O–H groups in total. The van der Waals surface area contributed by atoms with Crippen LogP contribution in [0.4, 0.5) is 0 Å². The number of hydrogen-bond donors (Lipinski definition) is 1. The molecule has 1 unspecified atom stereocenters. The molecule has 0 aliphatic carbocycles. The number of nitrogens with zero attached hydrogens (tertiary/aromatic N) is 4. The van der Waals surface area contributed by atoms with E-state index in [1.807, 2.05) is 26.8 Å². The molecule has 3 aromatic rings. The number of hydrogen-bond acceptors (Lipinski definition) is 6. The summed E-state index contributed by atoms with van der Waals surface area (Å²) in [6, 6.07) is 7.46. The van der Waals surface area contributed by atoms with Crippen molar-refractivity contribution in [3.63, 3.8) is 0 Å². The third-order valence-electron chi connectivity index (χ3n) is 5.88. The number of carbonyl (C=O) groups excluding carboxylic acids is 1. The van der Waals surface area contributed by atoms with Gasteiger partial charge in [0.1, 0.15) is 6.04 Å². The maximum Gasteiger partial charge on any atom is 0.360 e. The van der Waals surface area contributed by atoms with Gasteiger partial charge in [0.05, 0.1) is 18.5 Å². The number of ether oxygens (including phenoxy) is 1. The Balaban J connectivity index is 1.78. The first-order chi connectivity index (χ1) is 16.2. The zero-order valence-corrected chi connectivity index (χ0v) is 19.8. The molecule has 0 radical (unpaired) electrons. The number of carboxylic acid groups (broad SMARTS) is 1. The number of aromatic nitrogens is 4. The molecule has 0 saturated carbocycles. The highest BCUT2D eigenvalue weighted by molar-refractivity contribution is 6.31. The zero-order valence-electron chi connectivity index (χ0n) is 19.1. The average Bonchev–Trinajstić information content (AvgIpc) is 3.43. The van der Waals surface area contributed by atoms with E-state index in [0.717, 1.165) is 0 Å². The molecule has 0 amide bonds. The largest absolute Gasteiger partial charge is 0.480 e. The summed E-state index contributed by atoms with van der Waals surface area (Å²) >= 11 is 6.28. The van der Waals surface area contributed by atoms with Crippen LogP contribution in [0.15, 0.2) is 41.3 Å². The number of pyridine rings is 1. The zero-order chi connectivity index (χ0) is 24.6. The van der Waals surface area contributed by atoms with E-state index in [9.17, 15) is 19.5 Å². The second-order valence-electron chi connectivity index (χ2n) is 8.77. The molecule has 178 valence electrons. The monoisotopic (exact) mass is 484 g/mol. The first kappa shape index (κ1) is 23.7. The topological polar surface area (TPSA) is 116 Å². The number of benzene rings is 1. The number of rotatable bonds is 7. The Bertz CT molecular complexity index is 1310. The maximum absolute atomic E-state index is 13.0. The summed E-state index contributed by atoms with van der Waals surface area (Å²) in [5.41, 5.74) is 2.10. The molecule has 0 spiro atoms. The molecule has 4 rings (SSSR count). The summed E-state index contributed by atoms with van der Waals surface area (Å²) < 4.78 is 8.02. The molecule has 0 saturated heterocycles. The number of halogens is 1. The first-order valence-corrected chi connectivity index (χ1v) is 11.5. The minimum Gasteiger partial charge on any atom is -0.480 e. The Kier molecular flexibility index (Phi) is 6.56. The lowest BCUT2D eigenvalue weighted by molar-refractivity contribution is -0.140. The molecule has 1 aliphatic heterocycles. The SMILES string of the molecule is CCC1C[C@@H](C(=O)O)n2c1cc(-c1cc(Cl)ccc1-n1cc(C(=O)OCC(C)C)nn1)cc2=O. The van der Waals surface area contributed by atoms with Crippen LogP contribution in [0, 0.1) is 5.92 Å². The minimum atomic E-state index is -1.02. The van der Waals surface area contributed by atoms with Crippen molar-refractivity contribution < 1.29 is 19.4 Å². The Morgan fingerprint density at radius 2 is 2.03 bits per heavy atom. The van der Waals surface area contributed by atoms with Crippen molar-refractivity contribution in [1.29, 1.82) is 0 Å². The van der Waals surface area contributed by atoms with Crippen molar-refractivity contribution in [2.24, 2.45) is 5.92 Å². The fourth-order valence-corrected chi connectivity index (χ4v) is 4.39. The smallest absolute Gasteiger partial charge is 0.360 e. The summed E-state index contributed by atoms with van der Waals surface area (Å²) in [5.74, 6) is -1.45. The number of esters is 1. The van der Waals surface area contributed by atoms with Crippen LogP contribution < -0.4 is 5.56 Å². The molecular formula is C24H25ClN4O5. The van der Waals surface area contributed by atoms with Gasteiger partial charge in [-0.1, -0.05) is 37.6 Å². The minimum absolute atomic E-state index is 0.0508. The average molecular weight is 485 g/mol. The number of carboxylic acids is 1. The van der Waals surface area contributed by atoms with Crippen molar-refractivity contribution in [3.05, 3.63) is 63.3 Å². The van der Waals surface area contributed by atoms with E-state index in [0.29, 0.717) is 40.4 Å². The lowest BCUT2D eigenvalue weighted by atomic mass is 9.96. The van der Waals surface area contributed by atoms with Crippen molar-refractivity contribution >= 4 is 23.5 Å². The van der Waals surface area contributed by atoms with Crippen molar-refractivity contribution in [2.45, 2.75) is 45.6 Å². The molecule has 2 aromatic heterocycles. The highest BCUT2D eigenvalue weighted by Gasteiger charge is 2.35. The van der Waals surface area contributed by atoms with E-state index in [1.54, 1.807) is 18.2 Å². The van der Waals surface area contributed by atoms with E-state index >= 15 is 0 Å². The fourth-order valence-electron chi connectivity index (χ4n) is 4.22. The quantitative estimate of drug-likeness (QED) is 0.502. The van der Waals surface area contributed by atoms with Crippen molar-refractivity contribution in [1.82, 2.24) is 19.6 Å². The summed E-state index contributed by atoms with van der Waals surface area (Å²) in [4.78, 5) is 37.0. The standard InChI is InChI=1S/C24H25ClN4O5/c1-4-14-7-21(23(31)32)29-20(14)8-15(9-22(29)30)17-10-16(25)5-6-19(17)28-11-18(26-27-28)24(33)34-12-13(2)3/h5-6,8-11,13-14,21H,4,7,12H2,1-3H3,(H,31,32)/t14?,21-/m0/s1. The second-order valence-corrected chi connectivity index (χ2v) is 9.21. The lowest BCUT2D eigenvalue weighted by Crippen LogP contribution is -2.27. The van der Waals surface area contributed by atoms with Gasteiger partial charge in [0.25, 0.3) is 5.56 Å². The molecule has 2 atom stereocenters. The van der Waals surface area contributed by atoms with Crippen LogP contribution >= 0.6 is 11.6 Å². The third-order valence-corrected chi connectivity index (χ3v) is 6.12. The van der Waals surface area contributed by atoms with Crippen LogP contribution in [-0.4, -0.2) is 43.2 Å². The molecule has 1 aliphatic rings. The van der Waals surface area contributed by atoms with Gasteiger partial charge in [-0.05, 0) is 48.6 Å².